The van der Waals surface area contributed by atoms with Gasteiger partial charge in [0.2, 0.25) is 0 Å². The highest BCUT2D eigenvalue weighted by molar-refractivity contribution is 6.09. The zero-order valence-electron chi connectivity index (χ0n) is 48.7. The van der Waals surface area contributed by atoms with Crippen LogP contribution in [0.1, 0.15) is 162 Å². The number of nitrogens with one attached hydrogen (secondary N) is 5. The molecule has 13 heteroatoms. The van der Waals surface area contributed by atoms with Crippen molar-refractivity contribution in [2.75, 3.05) is 37.5 Å². The van der Waals surface area contributed by atoms with Crippen LogP contribution in [-0.2, 0) is 0 Å². The minimum Gasteiger partial charge on any atom is -0.478 e. The van der Waals surface area contributed by atoms with E-state index in [1.54, 1.807) is 69.6 Å². The summed E-state index contributed by atoms with van der Waals surface area (Å²) >= 11 is 0. The molecule has 0 bridgehead atoms. The van der Waals surface area contributed by atoms with Crippen LogP contribution < -0.4 is 32.3 Å². The molecule has 0 aliphatic rings. The Morgan fingerprint density at radius 3 is 0.803 bits per heavy atom. The molecule has 76 heavy (non-hydrogen) atoms. The van der Waals surface area contributed by atoms with Crippen molar-refractivity contribution < 1.29 is 33.9 Å². The summed E-state index contributed by atoms with van der Waals surface area (Å²) in [6.45, 7) is 36.6. The van der Waals surface area contributed by atoms with E-state index in [4.69, 9.17) is 10.8 Å². The Hall–Kier alpha value is -8.06. The quantitative estimate of drug-likeness (QED) is 0.0728. The van der Waals surface area contributed by atoms with Gasteiger partial charge >= 0.3 is 5.97 Å². The second-order valence-corrected chi connectivity index (χ2v) is 19.6. The van der Waals surface area contributed by atoms with E-state index in [9.17, 15) is 28.8 Å². The molecule has 0 aliphatic heterocycles. The van der Waals surface area contributed by atoms with E-state index in [1.165, 1.54) is 74.3 Å². The molecule has 0 radical (unpaired) electrons. The summed E-state index contributed by atoms with van der Waals surface area (Å²) in [5, 5.41) is 22.5. The maximum Gasteiger partial charge on any atom is 0.335 e. The average molecular weight is 1030 g/mol. The maximum absolute atomic E-state index is 12.9. The van der Waals surface area contributed by atoms with Crippen LogP contribution in [0.15, 0.2) is 54.6 Å². The first-order valence-corrected chi connectivity index (χ1v) is 25.2. The topological polar surface area (TPSA) is 209 Å². The molecular formula is C63H80N6O7. The van der Waals surface area contributed by atoms with Gasteiger partial charge in [-0.15, -0.1) is 0 Å². The Kier molecular flexibility index (Phi) is 21.6. The Morgan fingerprint density at radius 1 is 0.329 bits per heavy atom. The molecule has 8 N–H and O–H groups in total. The van der Waals surface area contributed by atoms with E-state index >= 15 is 0 Å². The summed E-state index contributed by atoms with van der Waals surface area (Å²) < 4.78 is 0. The predicted molar refractivity (Wildman–Crippen MR) is 311 cm³/mol. The van der Waals surface area contributed by atoms with Crippen molar-refractivity contribution in [3.8, 4) is 0 Å². The molecule has 6 rings (SSSR count). The number of nitrogens with two attached hydrogens (primary N) is 1. The van der Waals surface area contributed by atoms with Crippen molar-refractivity contribution >= 4 is 52.6 Å². The van der Waals surface area contributed by atoms with E-state index in [2.05, 4.69) is 103 Å². The van der Waals surface area contributed by atoms with Crippen LogP contribution in [0.5, 0.6) is 0 Å². The summed E-state index contributed by atoms with van der Waals surface area (Å²) in [5.74, 6) is -2.11. The maximum atomic E-state index is 12.9. The molecule has 0 spiro atoms. The number of carbonyl (C=O) groups excluding carboxylic acids is 5. The van der Waals surface area contributed by atoms with E-state index in [0.29, 0.717) is 33.4 Å². The number of carboxylic acids is 1. The van der Waals surface area contributed by atoms with Gasteiger partial charge in [0.15, 0.2) is 0 Å². The molecule has 0 aliphatic carbocycles. The first kappa shape index (κ1) is 62.2. The second-order valence-electron chi connectivity index (χ2n) is 19.6. The van der Waals surface area contributed by atoms with Crippen molar-refractivity contribution in [3.05, 3.63) is 188 Å². The SMILES string of the molecule is CNC(=O)c1ccc(C)c(C(=O)Nc2c(C)c(C)c(C)c(C)c2C)c1.CNC(=O)c1ccc(C)c(C(=O)Nc2c(C)c(C)c(C)c(C)c2C)c1.CNC(=O)c1ccc(C)c(C(=O)O)c1.Cc1c(C)c(C)c(N)c(C)c1C. The smallest absolute Gasteiger partial charge is 0.335 e. The van der Waals surface area contributed by atoms with Crippen LogP contribution in [0, 0.1) is 125 Å². The molecule has 6 aromatic carbocycles. The van der Waals surface area contributed by atoms with Crippen LogP contribution >= 0.6 is 0 Å². The van der Waals surface area contributed by atoms with Crippen molar-refractivity contribution in [2.24, 2.45) is 0 Å². The molecule has 0 unspecified atom stereocenters. The molecule has 6 aromatic rings. The van der Waals surface area contributed by atoms with Gasteiger partial charge < -0.3 is 37.4 Å². The number of carboxylic acid groups (broad SMARTS) is 1. The summed E-state index contributed by atoms with van der Waals surface area (Å²) in [6, 6.07) is 14.9. The summed E-state index contributed by atoms with van der Waals surface area (Å²) in [7, 11) is 4.65. The standard InChI is InChI=1S/2C21H26N2O2.C11H17N.C10H11NO3/c2*1-11-8-9-17(20(24)22-7)10-18(11)21(25)23-19-15(5)13(3)12(2)14(4)16(19)6;1-6-7(2)9(4)11(12)10(5)8(6)3;1-6-3-4-7(9(12)11-2)5-8(6)10(13)14/h2*8-10H,1-7H3,(H,22,24)(H,23,25);12H2,1-5H3;3-5H,1-2H3,(H,11,12)(H,13,14). The fourth-order valence-corrected chi connectivity index (χ4v) is 8.71. The Labute approximate surface area is 450 Å². The lowest BCUT2D eigenvalue weighted by Gasteiger charge is -2.19. The zero-order chi connectivity index (χ0) is 58.0. The van der Waals surface area contributed by atoms with Gasteiger partial charge in [-0.1, -0.05) is 18.2 Å². The molecule has 5 amide bonds. The number of aromatic carboxylic acids is 1. The Bertz CT molecular complexity index is 2970. The molecule has 404 valence electrons. The third-order valence-electron chi connectivity index (χ3n) is 15.4. The van der Waals surface area contributed by atoms with Crippen LogP contribution in [0.25, 0.3) is 0 Å². The number of anilines is 3. The molecule has 13 nitrogen and oxygen atoms in total. The normalized spacial score (nSPS) is 10.3. The Balaban J connectivity index is 0.000000279. The number of aryl methyl sites for hydroxylation is 3. The van der Waals surface area contributed by atoms with Gasteiger partial charge in [0.1, 0.15) is 0 Å². The van der Waals surface area contributed by atoms with Crippen LogP contribution in [-0.4, -0.2) is 61.8 Å². The van der Waals surface area contributed by atoms with Crippen LogP contribution in [0.4, 0.5) is 17.1 Å². The molecule has 0 atom stereocenters. The molecule has 0 heterocycles. The molecule has 0 fully saturated rings. The van der Waals surface area contributed by atoms with Gasteiger partial charge in [-0.25, -0.2) is 4.79 Å². The minimum absolute atomic E-state index is 0.158. The monoisotopic (exact) mass is 1030 g/mol. The first-order chi connectivity index (χ1) is 35.4. The van der Waals surface area contributed by atoms with Crippen molar-refractivity contribution in [1.82, 2.24) is 16.0 Å². The van der Waals surface area contributed by atoms with Crippen molar-refractivity contribution in [1.29, 1.82) is 0 Å². The number of carbonyl (C=O) groups is 6. The van der Waals surface area contributed by atoms with Gasteiger partial charge in [-0.3, -0.25) is 24.0 Å². The predicted octanol–water partition coefficient (Wildman–Crippen LogP) is 12.2. The first-order valence-electron chi connectivity index (χ1n) is 25.2. The zero-order valence-corrected chi connectivity index (χ0v) is 48.7. The largest absolute Gasteiger partial charge is 0.478 e. The number of hydrogen-bond donors (Lipinski definition) is 7. The third kappa shape index (κ3) is 14.0. The lowest BCUT2D eigenvalue weighted by Crippen LogP contribution is -2.20. The molecule has 0 saturated heterocycles. The van der Waals surface area contributed by atoms with Gasteiger partial charge in [0.05, 0.1) is 5.56 Å². The molecule has 0 aromatic heterocycles. The van der Waals surface area contributed by atoms with Gasteiger partial charge in [-0.05, 0) is 261 Å². The Morgan fingerprint density at radius 2 is 0.553 bits per heavy atom. The van der Waals surface area contributed by atoms with Crippen LogP contribution in [0.2, 0.25) is 0 Å². The number of rotatable bonds is 8. The van der Waals surface area contributed by atoms with Crippen molar-refractivity contribution in [3.63, 3.8) is 0 Å². The second kappa shape index (κ2) is 26.4. The number of nitrogen functional groups attached to an aromatic ring is 1. The fourth-order valence-electron chi connectivity index (χ4n) is 8.71. The highest BCUT2D eigenvalue weighted by Crippen LogP contribution is 2.33. The molecular weight excluding hydrogens is 953 g/mol. The number of amides is 5. The van der Waals surface area contributed by atoms with Gasteiger partial charge in [0.25, 0.3) is 29.5 Å². The molecule has 0 saturated carbocycles. The number of benzene rings is 6. The lowest BCUT2D eigenvalue weighted by molar-refractivity contribution is 0.0695. The van der Waals surface area contributed by atoms with E-state index in [1.807, 2.05) is 41.5 Å². The van der Waals surface area contributed by atoms with E-state index < -0.39 is 5.97 Å². The average Bonchev–Trinajstić information content (AvgIpc) is 3.41. The van der Waals surface area contributed by atoms with E-state index in [0.717, 1.165) is 50.4 Å². The van der Waals surface area contributed by atoms with E-state index in [-0.39, 0.29) is 35.1 Å². The minimum atomic E-state index is -1.02. The summed E-state index contributed by atoms with van der Waals surface area (Å²) in [6.07, 6.45) is 0. The van der Waals surface area contributed by atoms with Gasteiger partial charge in [0, 0.05) is 66.0 Å². The van der Waals surface area contributed by atoms with Crippen LogP contribution in [0.3, 0.4) is 0 Å². The fraction of sp³-hybridized carbons (Fsp3) is 0.333. The highest BCUT2D eigenvalue weighted by atomic mass is 16.4. The van der Waals surface area contributed by atoms with Gasteiger partial charge in [-0.2, -0.15) is 0 Å². The lowest BCUT2D eigenvalue weighted by atomic mass is 9.92. The third-order valence-corrected chi connectivity index (χ3v) is 15.4. The number of hydrogen-bond acceptors (Lipinski definition) is 7. The summed E-state index contributed by atoms with van der Waals surface area (Å²) in [5.41, 5.74) is 31.5. The highest BCUT2D eigenvalue weighted by Gasteiger charge is 2.20. The van der Waals surface area contributed by atoms with Crippen molar-refractivity contribution in [2.45, 2.75) is 125 Å². The summed E-state index contributed by atoms with van der Waals surface area (Å²) in [4.78, 5) is 71.4.